The smallest absolute Gasteiger partial charge is 0.248 e. The molecule has 3 aromatic rings. The lowest BCUT2D eigenvalue weighted by molar-refractivity contribution is -0.0361. The molecule has 1 N–H and O–H groups in total. The fraction of sp³-hybridized carbons (Fsp3) is 0.375. The van der Waals surface area contributed by atoms with Gasteiger partial charge in [0.2, 0.25) is 5.92 Å². The van der Waals surface area contributed by atoms with Crippen LogP contribution in [0.5, 0.6) is 0 Å². The van der Waals surface area contributed by atoms with Crippen LogP contribution >= 0.6 is 11.3 Å². The maximum Gasteiger partial charge on any atom is 0.248 e. The number of hydrogen-bond donors (Lipinski definition) is 1. The van der Waals surface area contributed by atoms with Gasteiger partial charge in [0.25, 0.3) is 0 Å². The second-order valence-corrected chi connectivity index (χ2v) is 9.76. The van der Waals surface area contributed by atoms with E-state index in [0.29, 0.717) is 29.5 Å². The molecule has 9 heteroatoms. The third-order valence-electron chi connectivity index (χ3n) is 5.93. The third kappa shape index (κ3) is 4.83. The van der Waals surface area contributed by atoms with Crippen LogP contribution in [0.2, 0.25) is 0 Å². The fourth-order valence-corrected chi connectivity index (χ4v) is 4.83. The molecule has 0 radical (unpaired) electrons. The van der Waals surface area contributed by atoms with Crippen molar-refractivity contribution < 1.29 is 8.78 Å². The lowest BCUT2D eigenvalue weighted by Gasteiger charge is -2.29. The van der Waals surface area contributed by atoms with Crippen LogP contribution in [-0.2, 0) is 0 Å². The van der Waals surface area contributed by atoms with Crippen LogP contribution in [-0.4, -0.2) is 44.4 Å². The minimum atomic E-state index is -2.58. The van der Waals surface area contributed by atoms with Crippen LogP contribution in [0.1, 0.15) is 43.2 Å². The molecule has 1 fully saturated rings. The van der Waals surface area contributed by atoms with Gasteiger partial charge in [-0.05, 0) is 43.9 Å². The summed E-state index contributed by atoms with van der Waals surface area (Å²) in [6.07, 6.45) is 6.29. The van der Waals surface area contributed by atoms with Crippen LogP contribution in [0.3, 0.4) is 0 Å². The molecule has 170 valence electrons. The Hall–Kier alpha value is -3.07. The normalized spacial score (nSPS) is 20.1. The standard InChI is InChI=1S/C24H24F2N6S/c1-14-10-18(12-27-14)16-4-3-5-17(11-16)21-28-13-20(23-32-31-15(2)33-23)22(30-21)29-19-6-8-24(25,26)9-7-19/h3-5,10-14,19H,6-9H2,1-2H3,(H,28,29,30). The summed E-state index contributed by atoms with van der Waals surface area (Å²) in [7, 11) is 0. The molecular formula is C24H24F2N6S. The summed E-state index contributed by atoms with van der Waals surface area (Å²) < 4.78 is 27.3. The van der Waals surface area contributed by atoms with Gasteiger partial charge in [-0.15, -0.1) is 10.2 Å². The number of alkyl halides is 2. The Labute approximate surface area is 194 Å². The molecule has 3 heterocycles. The van der Waals surface area contributed by atoms with Crippen LogP contribution in [0.15, 0.2) is 41.5 Å². The Morgan fingerprint density at radius 1 is 1.12 bits per heavy atom. The Kier molecular flexibility index (Phi) is 5.74. The molecular weight excluding hydrogens is 442 g/mol. The van der Waals surface area contributed by atoms with Crippen molar-refractivity contribution >= 4 is 28.9 Å². The van der Waals surface area contributed by atoms with E-state index in [1.54, 1.807) is 6.20 Å². The van der Waals surface area contributed by atoms with Gasteiger partial charge < -0.3 is 5.32 Å². The van der Waals surface area contributed by atoms with Gasteiger partial charge in [0.1, 0.15) is 10.8 Å². The first-order chi connectivity index (χ1) is 15.9. The van der Waals surface area contributed by atoms with Crippen molar-refractivity contribution in [1.82, 2.24) is 20.2 Å². The van der Waals surface area contributed by atoms with E-state index < -0.39 is 5.92 Å². The number of halogens is 2. The summed E-state index contributed by atoms with van der Waals surface area (Å²) in [4.78, 5) is 13.8. The van der Waals surface area contributed by atoms with Crippen molar-refractivity contribution in [3.63, 3.8) is 0 Å². The van der Waals surface area contributed by atoms with E-state index in [-0.39, 0.29) is 24.9 Å². The number of aromatic nitrogens is 4. The molecule has 1 atom stereocenters. The molecule has 1 aliphatic heterocycles. The summed E-state index contributed by atoms with van der Waals surface area (Å²) in [5.41, 5.74) is 3.74. The van der Waals surface area contributed by atoms with Gasteiger partial charge in [0.15, 0.2) is 10.8 Å². The Balaban J connectivity index is 1.49. The van der Waals surface area contributed by atoms with Crippen molar-refractivity contribution in [3.05, 3.63) is 47.1 Å². The molecule has 0 saturated heterocycles. The van der Waals surface area contributed by atoms with Crippen LogP contribution in [0, 0.1) is 6.92 Å². The molecule has 2 aliphatic rings. The second kappa shape index (κ2) is 8.70. The van der Waals surface area contributed by atoms with E-state index in [0.717, 1.165) is 27.3 Å². The van der Waals surface area contributed by atoms with Crippen LogP contribution < -0.4 is 5.32 Å². The molecule has 1 unspecified atom stereocenters. The minimum Gasteiger partial charge on any atom is -0.367 e. The van der Waals surface area contributed by atoms with Gasteiger partial charge in [-0.3, -0.25) is 4.99 Å². The fourth-order valence-electron chi connectivity index (χ4n) is 4.12. The quantitative estimate of drug-likeness (QED) is 0.513. The predicted molar refractivity (Wildman–Crippen MR) is 128 cm³/mol. The number of hydrogen-bond acceptors (Lipinski definition) is 7. The number of aryl methyl sites for hydroxylation is 1. The van der Waals surface area contributed by atoms with E-state index >= 15 is 0 Å². The Morgan fingerprint density at radius 2 is 1.91 bits per heavy atom. The monoisotopic (exact) mass is 466 g/mol. The summed E-state index contributed by atoms with van der Waals surface area (Å²) in [5.74, 6) is -1.41. The zero-order valence-corrected chi connectivity index (χ0v) is 19.2. The van der Waals surface area contributed by atoms with E-state index in [9.17, 15) is 8.78 Å². The zero-order valence-electron chi connectivity index (χ0n) is 18.4. The first-order valence-corrected chi connectivity index (χ1v) is 11.9. The number of anilines is 1. The number of allylic oxidation sites excluding steroid dienone is 1. The molecule has 1 saturated carbocycles. The summed E-state index contributed by atoms with van der Waals surface area (Å²) in [5, 5.41) is 13.3. The van der Waals surface area contributed by atoms with Gasteiger partial charge in [0.05, 0.1) is 11.6 Å². The largest absolute Gasteiger partial charge is 0.367 e. The second-order valence-electron chi connectivity index (χ2n) is 8.58. The molecule has 6 nitrogen and oxygen atoms in total. The SMILES string of the molecule is Cc1nnc(-c2cnc(-c3cccc(C4=CC(C)N=C4)c3)nc2NC2CCC(F)(F)CC2)s1. The zero-order chi connectivity index (χ0) is 23.0. The van der Waals surface area contributed by atoms with Crippen molar-refractivity contribution in [2.24, 2.45) is 4.99 Å². The molecule has 1 aromatic carbocycles. The summed E-state index contributed by atoms with van der Waals surface area (Å²) in [6, 6.07) is 8.13. The molecule has 0 bridgehead atoms. The number of aliphatic imine (C=N–C) groups is 1. The lowest BCUT2D eigenvalue weighted by Crippen LogP contribution is -2.32. The van der Waals surface area contributed by atoms with Crippen molar-refractivity contribution in [1.29, 1.82) is 0 Å². The molecule has 0 spiro atoms. The number of benzene rings is 1. The van der Waals surface area contributed by atoms with Gasteiger partial charge in [-0.25, -0.2) is 18.7 Å². The minimum absolute atomic E-state index is 0.0761. The summed E-state index contributed by atoms with van der Waals surface area (Å²) in [6.45, 7) is 3.93. The maximum absolute atomic E-state index is 13.7. The van der Waals surface area contributed by atoms with E-state index in [1.807, 2.05) is 44.3 Å². The molecule has 0 amide bonds. The highest BCUT2D eigenvalue weighted by Crippen LogP contribution is 2.36. The maximum atomic E-state index is 13.7. The lowest BCUT2D eigenvalue weighted by atomic mass is 9.92. The average Bonchev–Trinajstić information content (AvgIpc) is 3.43. The first-order valence-electron chi connectivity index (χ1n) is 11.0. The van der Waals surface area contributed by atoms with Gasteiger partial charge in [-0.1, -0.05) is 35.6 Å². The van der Waals surface area contributed by atoms with E-state index in [4.69, 9.17) is 4.98 Å². The number of nitrogens with one attached hydrogen (secondary N) is 1. The van der Waals surface area contributed by atoms with Gasteiger partial charge in [-0.2, -0.15) is 0 Å². The molecule has 1 aliphatic carbocycles. The molecule has 5 rings (SSSR count). The van der Waals surface area contributed by atoms with Gasteiger partial charge >= 0.3 is 0 Å². The molecule has 33 heavy (non-hydrogen) atoms. The number of rotatable bonds is 5. The predicted octanol–water partition coefficient (Wildman–Crippen LogP) is 5.82. The van der Waals surface area contributed by atoms with E-state index in [2.05, 4.69) is 31.6 Å². The number of nitrogens with zero attached hydrogens (tertiary/aromatic N) is 5. The highest BCUT2D eigenvalue weighted by molar-refractivity contribution is 7.14. The topological polar surface area (TPSA) is 76.0 Å². The highest BCUT2D eigenvalue weighted by Gasteiger charge is 2.35. The van der Waals surface area contributed by atoms with E-state index in [1.165, 1.54) is 11.3 Å². The van der Waals surface area contributed by atoms with Crippen molar-refractivity contribution in [2.75, 3.05) is 5.32 Å². The van der Waals surface area contributed by atoms with Crippen LogP contribution in [0.25, 0.3) is 27.5 Å². The molecule has 2 aromatic heterocycles. The van der Waals surface area contributed by atoms with Crippen molar-refractivity contribution in [2.45, 2.75) is 57.5 Å². The van der Waals surface area contributed by atoms with Crippen LogP contribution in [0.4, 0.5) is 14.6 Å². The Bertz CT molecular complexity index is 1230. The first kappa shape index (κ1) is 21.8. The summed E-state index contributed by atoms with van der Waals surface area (Å²) >= 11 is 1.45. The van der Waals surface area contributed by atoms with Crippen molar-refractivity contribution in [3.8, 4) is 22.0 Å². The van der Waals surface area contributed by atoms with Gasteiger partial charge in [0, 0.05) is 36.9 Å². The third-order valence-corrected chi connectivity index (χ3v) is 6.80. The Morgan fingerprint density at radius 3 is 2.61 bits per heavy atom. The highest BCUT2D eigenvalue weighted by atomic mass is 32.1. The average molecular weight is 467 g/mol.